The number of hydrogen-bond acceptors (Lipinski definition) is 2. The van der Waals surface area contributed by atoms with E-state index >= 15 is 0 Å². The summed E-state index contributed by atoms with van der Waals surface area (Å²) < 4.78 is 13.4. The lowest BCUT2D eigenvalue weighted by Crippen LogP contribution is -2.41. The number of carbonyl (C=O) groups excluding carboxylic acids is 2. The van der Waals surface area contributed by atoms with Crippen LogP contribution in [0.4, 0.5) is 4.39 Å². The fourth-order valence-electron chi connectivity index (χ4n) is 4.08. The van der Waals surface area contributed by atoms with E-state index in [0.717, 1.165) is 38.6 Å². The average Bonchev–Trinajstić information content (AvgIpc) is 3.43. The van der Waals surface area contributed by atoms with Crippen molar-refractivity contribution in [3.63, 3.8) is 0 Å². The molecule has 0 unspecified atom stereocenters. The highest BCUT2D eigenvalue weighted by molar-refractivity contribution is 6.07. The molecule has 0 bridgehead atoms. The second kappa shape index (κ2) is 8.63. The van der Waals surface area contributed by atoms with Gasteiger partial charge in [-0.05, 0) is 53.9 Å². The molecule has 7 heteroatoms. The highest BCUT2D eigenvalue weighted by Crippen LogP contribution is 2.31. The van der Waals surface area contributed by atoms with Gasteiger partial charge in [-0.25, -0.2) is 4.39 Å². The molecule has 0 saturated carbocycles. The molecule has 0 saturated heterocycles. The zero-order valence-corrected chi connectivity index (χ0v) is 17.6. The van der Waals surface area contributed by atoms with Gasteiger partial charge in [0, 0.05) is 40.1 Å². The zero-order valence-electron chi connectivity index (χ0n) is 17.6. The van der Waals surface area contributed by atoms with Crippen molar-refractivity contribution in [3.8, 4) is 11.3 Å². The maximum Gasteiger partial charge on any atom is 0.271 e. The monoisotopic (exact) mass is 440 g/mol. The Hall–Kier alpha value is -4.39. The van der Waals surface area contributed by atoms with Crippen LogP contribution in [-0.2, 0) is 11.2 Å². The quantitative estimate of drug-likeness (QED) is 0.294. The summed E-state index contributed by atoms with van der Waals surface area (Å²) in [6, 6.07) is 21.5. The SMILES string of the molecule is O=C(CCc1c(-c2ccc(F)cc2)[nH]c2ccccc12)NNC(=O)c1c[nH]c2ccccc12. The first-order chi connectivity index (χ1) is 16.1. The van der Waals surface area contributed by atoms with Crippen molar-refractivity contribution in [1.82, 2.24) is 20.8 Å². The van der Waals surface area contributed by atoms with Crippen LogP contribution in [-0.4, -0.2) is 21.8 Å². The molecule has 5 rings (SSSR count). The first-order valence-corrected chi connectivity index (χ1v) is 10.6. The number of para-hydroxylation sites is 2. The van der Waals surface area contributed by atoms with Crippen LogP contribution in [0, 0.1) is 5.82 Å². The summed E-state index contributed by atoms with van der Waals surface area (Å²) in [4.78, 5) is 31.5. The van der Waals surface area contributed by atoms with Gasteiger partial charge < -0.3 is 9.97 Å². The highest BCUT2D eigenvalue weighted by Gasteiger charge is 2.16. The molecule has 0 aliphatic carbocycles. The van der Waals surface area contributed by atoms with Crippen LogP contribution in [0.2, 0.25) is 0 Å². The van der Waals surface area contributed by atoms with E-state index in [4.69, 9.17) is 0 Å². The van der Waals surface area contributed by atoms with Crippen LogP contribution in [0.5, 0.6) is 0 Å². The van der Waals surface area contributed by atoms with Crippen molar-refractivity contribution in [2.75, 3.05) is 0 Å². The summed E-state index contributed by atoms with van der Waals surface area (Å²) in [5, 5.41) is 1.79. The fourth-order valence-corrected chi connectivity index (χ4v) is 4.08. The number of hydrogen-bond donors (Lipinski definition) is 4. The number of aromatic amines is 2. The van der Waals surface area contributed by atoms with Crippen LogP contribution in [0.1, 0.15) is 22.3 Å². The first-order valence-electron chi connectivity index (χ1n) is 10.6. The third-order valence-corrected chi connectivity index (χ3v) is 5.70. The lowest BCUT2D eigenvalue weighted by molar-refractivity contribution is -0.121. The van der Waals surface area contributed by atoms with Gasteiger partial charge >= 0.3 is 0 Å². The third-order valence-electron chi connectivity index (χ3n) is 5.70. The lowest BCUT2D eigenvalue weighted by atomic mass is 10.0. The summed E-state index contributed by atoms with van der Waals surface area (Å²) in [7, 11) is 0. The summed E-state index contributed by atoms with van der Waals surface area (Å²) in [6.07, 6.45) is 2.24. The minimum absolute atomic E-state index is 0.171. The fraction of sp³-hybridized carbons (Fsp3) is 0.0769. The standard InChI is InChI=1S/C26H21FN4O2/c27-17-11-9-16(10-12-17)25-20(18-5-2-4-8-23(18)29-25)13-14-24(32)30-31-26(33)21-15-28-22-7-3-1-6-19(21)22/h1-12,15,28-29H,13-14H2,(H,30,32)(H,31,33). The van der Waals surface area contributed by atoms with E-state index in [0.29, 0.717) is 12.0 Å². The van der Waals surface area contributed by atoms with E-state index in [1.54, 1.807) is 18.3 Å². The van der Waals surface area contributed by atoms with Crippen molar-refractivity contribution in [2.24, 2.45) is 0 Å². The van der Waals surface area contributed by atoms with Crippen molar-refractivity contribution < 1.29 is 14.0 Å². The minimum atomic E-state index is -0.389. The van der Waals surface area contributed by atoms with Crippen LogP contribution < -0.4 is 10.9 Å². The molecule has 4 N–H and O–H groups in total. The van der Waals surface area contributed by atoms with Gasteiger partial charge in [-0.3, -0.25) is 20.4 Å². The highest BCUT2D eigenvalue weighted by atomic mass is 19.1. The van der Waals surface area contributed by atoms with Gasteiger partial charge in [-0.2, -0.15) is 0 Å². The van der Waals surface area contributed by atoms with E-state index in [-0.39, 0.29) is 24.1 Å². The maximum absolute atomic E-state index is 13.4. The molecule has 164 valence electrons. The Morgan fingerprint density at radius 2 is 1.52 bits per heavy atom. The van der Waals surface area contributed by atoms with Gasteiger partial charge in [0.2, 0.25) is 5.91 Å². The molecule has 2 amide bonds. The van der Waals surface area contributed by atoms with E-state index < -0.39 is 0 Å². The van der Waals surface area contributed by atoms with Gasteiger partial charge in [0.15, 0.2) is 0 Å². The first kappa shape index (κ1) is 20.5. The number of rotatable bonds is 5. The average molecular weight is 440 g/mol. The Labute approximate surface area is 188 Å². The van der Waals surface area contributed by atoms with Gasteiger partial charge in [-0.1, -0.05) is 36.4 Å². The minimum Gasteiger partial charge on any atom is -0.360 e. The number of fused-ring (bicyclic) bond motifs is 2. The Morgan fingerprint density at radius 3 is 2.30 bits per heavy atom. The molecule has 33 heavy (non-hydrogen) atoms. The van der Waals surface area contributed by atoms with Crippen LogP contribution in [0.25, 0.3) is 33.1 Å². The summed E-state index contributed by atoms with van der Waals surface area (Å²) in [5.74, 6) is -1.000. The van der Waals surface area contributed by atoms with Gasteiger partial charge in [0.25, 0.3) is 5.91 Å². The normalized spacial score (nSPS) is 11.1. The van der Waals surface area contributed by atoms with E-state index in [2.05, 4.69) is 20.8 Å². The Kier molecular flexibility index (Phi) is 5.36. The molecule has 0 aliphatic heterocycles. The molecule has 0 atom stereocenters. The number of halogens is 1. The van der Waals surface area contributed by atoms with Crippen LogP contribution in [0.3, 0.4) is 0 Å². The molecule has 2 aromatic heterocycles. The Bertz CT molecular complexity index is 1470. The lowest BCUT2D eigenvalue weighted by Gasteiger charge is -2.08. The van der Waals surface area contributed by atoms with Crippen LogP contribution >= 0.6 is 0 Å². The van der Waals surface area contributed by atoms with Crippen molar-refractivity contribution in [3.05, 3.63) is 95.9 Å². The predicted octanol–water partition coefficient (Wildman–Crippen LogP) is 4.85. The smallest absolute Gasteiger partial charge is 0.271 e. The number of amides is 2. The number of aromatic nitrogens is 2. The van der Waals surface area contributed by atoms with Crippen molar-refractivity contribution >= 4 is 33.6 Å². The number of H-pyrrole nitrogens is 2. The van der Waals surface area contributed by atoms with Gasteiger partial charge in [0.05, 0.1) is 5.56 Å². The molecule has 0 spiro atoms. The number of hydrazine groups is 1. The van der Waals surface area contributed by atoms with E-state index in [1.165, 1.54) is 12.1 Å². The molecular weight excluding hydrogens is 419 g/mol. The molecule has 2 heterocycles. The summed E-state index contributed by atoms with van der Waals surface area (Å²) >= 11 is 0. The summed E-state index contributed by atoms with van der Waals surface area (Å²) in [5.41, 5.74) is 9.91. The van der Waals surface area contributed by atoms with Crippen LogP contribution in [0.15, 0.2) is 79.0 Å². The van der Waals surface area contributed by atoms with E-state index in [1.807, 2.05) is 48.5 Å². The number of aryl methyl sites for hydroxylation is 1. The predicted molar refractivity (Wildman–Crippen MR) is 126 cm³/mol. The third kappa shape index (κ3) is 4.08. The number of benzene rings is 3. The number of carbonyl (C=O) groups is 2. The molecule has 5 aromatic rings. The van der Waals surface area contributed by atoms with Crippen molar-refractivity contribution in [1.29, 1.82) is 0 Å². The van der Waals surface area contributed by atoms with Crippen molar-refractivity contribution in [2.45, 2.75) is 12.8 Å². The molecule has 0 aliphatic rings. The molecule has 0 radical (unpaired) electrons. The largest absolute Gasteiger partial charge is 0.360 e. The molecular formula is C26H21FN4O2. The number of nitrogens with one attached hydrogen (secondary N) is 4. The maximum atomic E-state index is 13.4. The van der Waals surface area contributed by atoms with Gasteiger partial charge in [0.1, 0.15) is 5.82 Å². The summed E-state index contributed by atoms with van der Waals surface area (Å²) in [6.45, 7) is 0. The van der Waals surface area contributed by atoms with E-state index in [9.17, 15) is 14.0 Å². The molecule has 0 fully saturated rings. The second-order valence-corrected chi connectivity index (χ2v) is 7.78. The zero-order chi connectivity index (χ0) is 22.8. The molecule has 6 nitrogen and oxygen atoms in total. The molecule has 3 aromatic carbocycles. The topological polar surface area (TPSA) is 89.8 Å². The van der Waals surface area contributed by atoms with Gasteiger partial charge in [-0.15, -0.1) is 0 Å². The second-order valence-electron chi connectivity index (χ2n) is 7.78. The Balaban J connectivity index is 1.29. The Morgan fingerprint density at radius 1 is 0.818 bits per heavy atom.